The predicted molar refractivity (Wildman–Crippen MR) is 88.9 cm³/mol. The summed E-state index contributed by atoms with van der Waals surface area (Å²) >= 11 is 0. The molecule has 8 heteroatoms. The summed E-state index contributed by atoms with van der Waals surface area (Å²) in [5, 5.41) is 8.32. The summed E-state index contributed by atoms with van der Waals surface area (Å²) in [5.41, 5.74) is 1.05. The summed E-state index contributed by atoms with van der Waals surface area (Å²) in [6, 6.07) is 0. The van der Waals surface area contributed by atoms with Crippen molar-refractivity contribution in [2.45, 2.75) is 25.9 Å². The van der Waals surface area contributed by atoms with E-state index in [0.717, 1.165) is 31.6 Å². The SMILES string of the molecule is CN(Cc1cnn(C)c1)C(=O)CN1CCCC(Cn2cncn2)C1. The summed E-state index contributed by atoms with van der Waals surface area (Å²) in [6.07, 6.45) is 9.37. The van der Waals surface area contributed by atoms with E-state index < -0.39 is 0 Å². The van der Waals surface area contributed by atoms with Crippen LogP contribution in [-0.4, -0.2) is 66.9 Å². The van der Waals surface area contributed by atoms with E-state index in [2.05, 4.69) is 20.1 Å². The molecule has 0 spiro atoms. The molecule has 0 saturated carbocycles. The molecule has 1 amide bonds. The van der Waals surface area contributed by atoms with E-state index >= 15 is 0 Å². The van der Waals surface area contributed by atoms with Gasteiger partial charge in [0, 0.05) is 45.5 Å². The van der Waals surface area contributed by atoms with Crippen LogP contribution in [-0.2, 0) is 24.9 Å². The molecule has 0 aromatic carbocycles. The van der Waals surface area contributed by atoms with E-state index in [4.69, 9.17) is 0 Å². The minimum atomic E-state index is 0.153. The fraction of sp³-hybridized carbons (Fsp3) is 0.625. The molecular formula is C16H25N7O. The molecule has 0 N–H and O–H groups in total. The van der Waals surface area contributed by atoms with Crippen LogP contribution in [0.5, 0.6) is 0 Å². The normalized spacial score (nSPS) is 18.7. The lowest BCUT2D eigenvalue weighted by Gasteiger charge is -2.33. The first kappa shape index (κ1) is 16.6. The van der Waals surface area contributed by atoms with Crippen molar-refractivity contribution in [3.63, 3.8) is 0 Å². The predicted octanol–water partition coefficient (Wildman–Crippen LogP) is 0.382. The first-order valence-corrected chi connectivity index (χ1v) is 8.36. The van der Waals surface area contributed by atoms with Crippen molar-refractivity contribution in [3.05, 3.63) is 30.6 Å². The topological polar surface area (TPSA) is 72.1 Å². The number of carbonyl (C=O) groups is 1. The van der Waals surface area contributed by atoms with Gasteiger partial charge >= 0.3 is 0 Å². The van der Waals surface area contributed by atoms with Gasteiger partial charge in [0.2, 0.25) is 5.91 Å². The van der Waals surface area contributed by atoms with Gasteiger partial charge in [-0.15, -0.1) is 0 Å². The van der Waals surface area contributed by atoms with E-state index in [1.54, 1.807) is 28.4 Å². The average molecular weight is 331 g/mol. The molecule has 1 unspecified atom stereocenters. The molecule has 24 heavy (non-hydrogen) atoms. The Morgan fingerprint density at radius 2 is 2.29 bits per heavy atom. The van der Waals surface area contributed by atoms with E-state index in [1.165, 1.54) is 6.42 Å². The second-order valence-electron chi connectivity index (χ2n) is 6.63. The Kier molecular flexibility index (Phi) is 5.24. The minimum absolute atomic E-state index is 0.153. The molecule has 130 valence electrons. The number of piperidine rings is 1. The van der Waals surface area contributed by atoms with Crippen LogP contribution in [0, 0.1) is 5.92 Å². The van der Waals surface area contributed by atoms with Gasteiger partial charge in [0.15, 0.2) is 0 Å². The van der Waals surface area contributed by atoms with Gasteiger partial charge in [-0.1, -0.05) is 0 Å². The van der Waals surface area contributed by atoms with Crippen LogP contribution in [0.2, 0.25) is 0 Å². The molecule has 1 aliphatic rings. The van der Waals surface area contributed by atoms with Crippen molar-refractivity contribution < 1.29 is 4.79 Å². The van der Waals surface area contributed by atoms with Crippen molar-refractivity contribution >= 4 is 5.91 Å². The molecule has 3 rings (SSSR count). The Balaban J connectivity index is 1.48. The zero-order valence-electron chi connectivity index (χ0n) is 14.4. The fourth-order valence-corrected chi connectivity index (χ4v) is 3.26. The molecule has 1 saturated heterocycles. The number of likely N-dealkylation sites (tertiary alicyclic amines) is 1. The quantitative estimate of drug-likeness (QED) is 0.765. The second-order valence-corrected chi connectivity index (χ2v) is 6.63. The van der Waals surface area contributed by atoms with Gasteiger partial charge in [-0.3, -0.25) is 19.1 Å². The Morgan fingerprint density at radius 3 is 3.00 bits per heavy atom. The molecule has 2 aromatic heterocycles. The van der Waals surface area contributed by atoms with E-state index in [1.807, 2.05) is 25.0 Å². The third-order valence-corrected chi connectivity index (χ3v) is 4.48. The summed E-state index contributed by atoms with van der Waals surface area (Å²) in [4.78, 5) is 20.5. The lowest BCUT2D eigenvalue weighted by atomic mass is 9.98. The number of likely N-dealkylation sites (N-methyl/N-ethyl adjacent to an activating group) is 1. The van der Waals surface area contributed by atoms with Gasteiger partial charge in [0.05, 0.1) is 12.7 Å². The smallest absolute Gasteiger partial charge is 0.236 e. The van der Waals surface area contributed by atoms with E-state index in [0.29, 0.717) is 19.0 Å². The van der Waals surface area contributed by atoms with Gasteiger partial charge in [-0.25, -0.2) is 4.98 Å². The van der Waals surface area contributed by atoms with Gasteiger partial charge in [-0.2, -0.15) is 10.2 Å². The monoisotopic (exact) mass is 331 g/mol. The van der Waals surface area contributed by atoms with Gasteiger partial charge in [0.25, 0.3) is 0 Å². The van der Waals surface area contributed by atoms with Crippen molar-refractivity contribution in [3.8, 4) is 0 Å². The summed E-state index contributed by atoms with van der Waals surface area (Å²) in [6.45, 7) is 3.87. The number of amides is 1. The molecule has 0 aliphatic carbocycles. The summed E-state index contributed by atoms with van der Waals surface area (Å²) < 4.78 is 3.64. The van der Waals surface area contributed by atoms with Gasteiger partial charge in [0.1, 0.15) is 12.7 Å². The molecule has 1 aliphatic heterocycles. The minimum Gasteiger partial charge on any atom is -0.340 e. The summed E-state index contributed by atoms with van der Waals surface area (Å²) in [5.74, 6) is 0.678. The molecule has 1 atom stereocenters. The number of hydrogen-bond acceptors (Lipinski definition) is 5. The molecule has 0 radical (unpaired) electrons. The number of aryl methyl sites for hydroxylation is 1. The number of nitrogens with zero attached hydrogens (tertiary/aromatic N) is 7. The first-order chi connectivity index (χ1) is 11.6. The highest BCUT2D eigenvalue weighted by atomic mass is 16.2. The number of rotatable bonds is 6. The van der Waals surface area contributed by atoms with Crippen LogP contribution in [0.25, 0.3) is 0 Å². The van der Waals surface area contributed by atoms with E-state index in [9.17, 15) is 4.79 Å². The second kappa shape index (κ2) is 7.57. The zero-order chi connectivity index (χ0) is 16.9. The van der Waals surface area contributed by atoms with Crippen LogP contribution in [0.15, 0.2) is 25.0 Å². The number of hydrogen-bond donors (Lipinski definition) is 0. The first-order valence-electron chi connectivity index (χ1n) is 8.36. The number of carbonyl (C=O) groups excluding carboxylic acids is 1. The van der Waals surface area contributed by atoms with Crippen molar-refractivity contribution in [1.29, 1.82) is 0 Å². The lowest BCUT2D eigenvalue weighted by molar-refractivity contribution is -0.132. The summed E-state index contributed by atoms with van der Waals surface area (Å²) in [7, 11) is 3.74. The van der Waals surface area contributed by atoms with Gasteiger partial charge < -0.3 is 4.90 Å². The maximum Gasteiger partial charge on any atom is 0.236 e. The van der Waals surface area contributed by atoms with Crippen molar-refractivity contribution in [1.82, 2.24) is 34.3 Å². The van der Waals surface area contributed by atoms with Crippen LogP contribution < -0.4 is 0 Å². The highest BCUT2D eigenvalue weighted by Gasteiger charge is 2.23. The fourth-order valence-electron chi connectivity index (χ4n) is 3.26. The van der Waals surface area contributed by atoms with Crippen LogP contribution in [0.3, 0.4) is 0 Å². The largest absolute Gasteiger partial charge is 0.340 e. The Bertz CT molecular complexity index is 651. The van der Waals surface area contributed by atoms with Crippen molar-refractivity contribution in [2.24, 2.45) is 13.0 Å². The Labute approximate surface area is 142 Å². The van der Waals surface area contributed by atoms with Crippen LogP contribution in [0.4, 0.5) is 0 Å². The highest BCUT2D eigenvalue weighted by molar-refractivity contribution is 5.78. The molecule has 1 fully saturated rings. The van der Waals surface area contributed by atoms with Crippen LogP contribution in [0.1, 0.15) is 18.4 Å². The molecule has 0 bridgehead atoms. The Morgan fingerprint density at radius 1 is 1.42 bits per heavy atom. The standard InChI is InChI=1S/C16H25N7O/c1-20(7-15-6-18-21(2)8-15)16(24)11-22-5-3-4-14(9-22)10-23-13-17-12-19-23/h6,8,12-14H,3-5,7,9-11H2,1-2H3. The number of aromatic nitrogens is 5. The van der Waals surface area contributed by atoms with Crippen LogP contribution >= 0.6 is 0 Å². The third-order valence-electron chi connectivity index (χ3n) is 4.48. The average Bonchev–Trinajstić information content (AvgIpc) is 3.19. The molecule has 3 heterocycles. The Hall–Kier alpha value is -2.22. The maximum absolute atomic E-state index is 12.5. The van der Waals surface area contributed by atoms with E-state index in [-0.39, 0.29) is 5.91 Å². The lowest BCUT2D eigenvalue weighted by Crippen LogP contribution is -2.43. The molecule has 2 aromatic rings. The third kappa shape index (κ3) is 4.41. The highest BCUT2D eigenvalue weighted by Crippen LogP contribution is 2.18. The molecule has 8 nitrogen and oxygen atoms in total. The zero-order valence-corrected chi connectivity index (χ0v) is 14.4. The maximum atomic E-state index is 12.5. The van der Waals surface area contributed by atoms with Gasteiger partial charge in [-0.05, 0) is 25.3 Å². The molecular weight excluding hydrogens is 306 g/mol. The van der Waals surface area contributed by atoms with Crippen molar-refractivity contribution in [2.75, 3.05) is 26.7 Å².